The lowest BCUT2D eigenvalue weighted by Crippen LogP contribution is -2.44. The average molecular weight is 275 g/mol. The smallest absolute Gasteiger partial charge is 0.255 e. The number of hydrogen-bond donors (Lipinski definition) is 1. The maximum atomic E-state index is 12.7. The van der Waals surface area contributed by atoms with Crippen LogP contribution >= 0.6 is 0 Å². The number of aromatic nitrogens is 1. The summed E-state index contributed by atoms with van der Waals surface area (Å²) in [5, 5.41) is 0. The van der Waals surface area contributed by atoms with Crippen LogP contribution in [0.4, 0.5) is 0 Å². The van der Waals surface area contributed by atoms with Gasteiger partial charge in [0.1, 0.15) is 0 Å². The van der Waals surface area contributed by atoms with Gasteiger partial charge in [0.05, 0.1) is 5.56 Å². The second-order valence-corrected chi connectivity index (χ2v) is 6.32. The van der Waals surface area contributed by atoms with Crippen molar-refractivity contribution in [3.8, 4) is 0 Å². The van der Waals surface area contributed by atoms with E-state index in [0.717, 1.165) is 24.3 Å². The van der Waals surface area contributed by atoms with E-state index >= 15 is 0 Å². The minimum absolute atomic E-state index is 0.207. The van der Waals surface area contributed by atoms with Gasteiger partial charge in [-0.15, -0.1) is 0 Å². The van der Waals surface area contributed by atoms with Gasteiger partial charge in [-0.1, -0.05) is 6.92 Å². The van der Waals surface area contributed by atoms with E-state index < -0.39 is 0 Å². The molecule has 3 aliphatic rings. The van der Waals surface area contributed by atoms with Crippen molar-refractivity contribution in [3.05, 3.63) is 23.5 Å². The van der Waals surface area contributed by atoms with Crippen molar-refractivity contribution >= 4 is 5.91 Å². The highest BCUT2D eigenvalue weighted by Gasteiger charge is 2.36. The Balaban J connectivity index is 1.76. The minimum atomic E-state index is 0.207. The SMILES string of the molecule is CCCN1C[C@@H]2CC[C@H]1CN(C(=O)c1cc[nH]c1C)C2. The Hall–Kier alpha value is -1.29. The number of aromatic amines is 1. The first kappa shape index (κ1) is 13.7. The number of hydrogen-bond acceptors (Lipinski definition) is 2. The zero-order valence-electron chi connectivity index (χ0n) is 12.6. The molecule has 0 spiro atoms. The highest BCUT2D eigenvalue weighted by atomic mass is 16.2. The maximum Gasteiger partial charge on any atom is 0.255 e. The van der Waals surface area contributed by atoms with Crippen molar-refractivity contribution in [2.45, 2.75) is 39.2 Å². The molecule has 3 fully saturated rings. The number of carbonyl (C=O) groups excluding carboxylic acids is 1. The number of piperidine rings is 1. The van der Waals surface area contributed by atoms with Gasteiger partial charge in [-0.25, -0.2) is 0 Å². The van der Waals surface area contributed by atoms with Gasteiger partial charge in [0.2, 0.25) is 0 Å². The predicted molar refractivity (Wildman–Crippen MR) is 79.8 cm³/mol. The number of nitrogens with one attached hydrogen (secondary N) is 1. The zero-order chi connectivity index (χ0) is 14.1. The van der Waals surface area contributed by atoms with Gasteiger partial charge >= 0.3 is 0 Å². The van der Waals surface area contributed by atoms with E-state index in [9.17, 15) is 4.79 Å². The number of H-pyrrole nitrogens is 1. The number of fused-ring (bicyclic) bond motifs is 4. The quantitative estimate of drug-likeness (QED) is 0.919. The lowest BCUT2D eigenvalue weighted by atomic mass is 9.95. The van der Waals surface area contributed by atoms with E-state index in [1.807, 2.05) is 19.2 Å². The lowest BCUT2D eigenvalue weighted by molar-refractivity contribution is 0.0737. The zero-order valence-corrected chi connectivity index (χ0v) is 12.6. The summed E-state index contributed by atoms with van der Waals surface area (Å²) in [6.45, 7) is 8.40. The first-order chi connectivity index (χ1) is 9.69. The normalized spacial score (nSPS) is 26.8. The summed E-state index contributed by atoms with van der Waals surface area (Å²) < 4.78 is 0. The predicted octanol–water partition coefficient (Wildman–Crippen LogP) is 2.27. The molecule has 110 valence electrons. The van der Waals surface area contributed by atoms with E-state index in [0.29, 0.717) is 12.0 Å². The Kier molecular flexibility index (Phi) is 3.83. The number of amides is 1. The van der Waals surface area contributed by atoms with E-state index in [1.165, 1.54) is 32.4 Å². The standard InChI is InChI=1S/C16H25N3O/c1-3-8-18-9-13-4-5-14(18)11-19(10-13)16(20)15-6-7-17-12(15)2/h6-7,13-14,17H,3-5,8-11H2,1-2H3/t13-,14-/m0/s1. The summed E-state index contributed by atoms with van der Waals surface area (Å²) in [6.07, 6.45) is 5.59. The maximum absolute atomic E-state index is 12.7. The van der Waals surface area contributed by atoms with Crippen LogP contribution in [0.15, 0.2) is 12.3 Å². The highest BCUT2D eigenvalue weighted by Crippen LogP contribution is 2.29. The Morgan fingerprint density at radius 1 is 1.35 bits per heavy atom. The van der Waals surface area contributed by atoms with E-state index in [4.69, 9.17) is 0 Å². The number of rotatable bonds is 3. The fourth-order valence-corrected chi connectivity index (χ4v) is 3.76. The third kappa shape index (κ3) is 2.49. The summed E-state index contributed by atoms with van der Waals surface area (Å²) in [5.74, 6) is 0.863. The van der Waals surface area contributed by atoms with Gasteiger partial charge < -0.3 is 9.88 Å². The first-order valence-electron chi connectivity index (χ1n) is 7.86. The Morgan fingerprint density at radius 3 is 2.90 bits per heavy atom. The molecule has 3 aliphatic heterocycles. The van der Waals surface area contributed by atoms with Crippen molar-refractivity contribution in [2.75, 3.05) is 26.2 Å². The Morgan fingerprint density at radius 2 is 2.20 bits per heavy atom. The fraction of sp³-hybridized carbons (Fsp3) is 0.688. The molecule has 0 aromatic carbocycles. The molecule has 4 rings (SSSR count). The monoisotopic (exact) mass is 275 g/mol. The molecule has 0 unspecified atom stereocenters. The van der Waals surface area contributed by atoms with E-state index in [-0.39, 0.29) is 5.91 Å². The molecule has 0 radical (unpaired) electrons. The van der Waals surface area contributed by atoms with Crippen molar-refractivity contribution in [3.63, 3.8) is 0 Å². The van der Waals surface area contributed by atoms with Crippen LogP contribution in [0.25, 0.3) is 0 Å². The van der Waals surface area contributed by atoms with E-state index in [1.54, 1.807) is 0 Å². The lowest BCUT2D eigenvalue weighted by Gasteiger charge is -2.35. The van der Waals surface area contributed by atoms with E-state index in [2.05, 4.69) is 21.7 Å². The summed E-state index contributed by atoms with van der Waals surface area (Å²) in [6, 6.07) is 2.48. The van der Waals surface area contributed by atoms with Gasteiger partial charge in [-0.05, 0) is 44.7 Å². The topological polar surface area (TPSA) is 39.3 Å². The molecule has 2 bridgehead atoms. The Bertz CT molecular complexity index is 482. The van der Waals surface area contributed by atoms with Crippen molar-refractivity contribution in [2.24, 2.45) is 5.92 Å². The molecule has 3 saturated heterocycles. The molecular weight excluding hydrogens is 250 g/mol. The third-order valence-corrected chi connectivity index (χ3v) is 4.81. The average Bonchev–Trinajstić information content (AvgIpc) is 2.68. The molecule has 20 heavy (non-hydrogen) atoms. The van der Waals surface area contributed by atoms with Gasteiger partial charge in [0.15, 0.2) is 0 Å². The molecule has 4 heterocycles. The van der Waals surface area contributed by atoms with Gasteiger partial charge in [0, 0.05) is 37.6 Å². The van der Waals surface area contributed by atoms with Crippen molar-refractivity contribution in [1.29, 1.82) is 0 Å². The molecular formula is C16H25N3O. The number of aryl methyl sites for hydroxylation is 1. The second kappa shape index (κ2) is 5.60. The minimum Gasteiger partial charge on any atom is -0.365 e. The summed E-state index contributed by atoms with van der Waals surface area (Å²) in [4.78, 5) is 20.5. The van der Waals surface area contributed by atoms with Crippen LogP contribution in [0.1, 0.15) is 42.2 Å². The first-order valence-corrected chi connectivity index (χ1v) is 7.86. The molecule has 4 nitrogen and oxygen atoms in total. The summed E-state index contributed by atoms with van der Waals surface area (Å²) in [5.41, 5.74) is 1.82. The molecule has 1 N–H and O–H groups in total. The highest BCUT2D eigenvalue weighted by molar-refractivity contribution is 5.95. The van der Waals surface area contributed by atoms with Crippen LogP contribution in [0.2, 0.25) is 0 Å². The third-order valence-electron chi connectivity index (χ3n) is 4.81. The number of carbonyl (C=O) groups is 1. The molecule has 2 atom stereocenters. The molecule has 0 saturated carbocycles. The van der Waals surface area contributed by atoms with Crippen molar-refractivity contribution in [1.82, 2.24) is 14.8 Å². The Labute approximate surface area is 121 Å². The molecule has 0 aliphatic carbocycles. The fourth-order valence-electron chi connectivity index (χ4n) is 3.76. The van der Waals surface area contributed by atoms with Gasteiger partial charge in [-0.2, -0.15) is 0 Å². The van der Waals surface area contributed by atoms with Crippen LogP contribution in [-0.2, 0) is 0 Å². The molecule has 4 heteroatoms. The van der Waals surface area contributed by atoms with Crippen LogP contribution in [0.5, 0.6) is 0 Å². The van der Waals surface area contributed by atoms with Crippen LogP contribution in [-0.4, -0.2) is 52.9 Å². The summed E-state index contributed by atoms with van der Waals surface area (Å²) >= 11 is 0. The number of nitrogens with zero attached hydrogens (tertiary/aromatic N) is 2. The second-order valence-electron chi connectivity index (χ2n) is 6.32. The van der Waals surface area contributed by atoms with Crippen molar-refractivity contribution < 1.29 is 4.79 Å². The largest absolute Gasteiger partial charge is 0.365 e. The van der Waals surface area contributed by atoms with Crippen LogP contribution < -0.4 is 0 Å². The molecule has 1 amide bonds. The van der Waals surface area contributed by atoms with Gasteiger partial charge in [-0.3, -0.25) is 9.69 Å². The van der Waals surface area contributed by atoms with Crippen LogP contribution in [0.3, 0.4) is 0 Å². The molecule has 1 aromatic heterocycles. The summed E-state index contributed by atoms with van der Waals surface area (Å²) in [7, 11) is 0. The van der Waals surface area contributed by atoms with Crippen LogP contribution in [0, 0.1) is 12.8 Å². The van der Waals surface area contributed by atoms with Gasteiger partial charge in [0.25, 0.3) is 5.91 Å². The molecule has 1 aromatic rings.